The predicted octanol–water partition coefficient (Wildman–Crippen LogP) is 1.03. The molecule has 20 heavy (non-hydrogen) atoms. The van der Waals surface area contributed by atoms with Crippen molar-refractivity contribution in [3.63, 3.8) is 0 Å². The lowest BCUT2D eigenvalue weighted by Gasteiger charge is -2.37. The molecule has 0 spiro atoms. The lowest BCUT2D eigenvalue weighted by molar-refractivity contribution is -0.123. The van der Waals surface area contributed by atoms with Crippen molar-refractivity contribution < 1.29 is 4.79 Å². The molecule has 1 aromatic carbocycles. The van der Waals surface area contributed by atoms with E-state index >= 15 is 0 Å². The minimum Gasteiger partial charge on any atom is -0.355 e. The van der Waals surface area contributed by atoms with Gasteiger partial charge in [-0.25, -0.2) is 0 Å². The Hall–Kier alpha value is -1.39. The van der Waals surface area contributed by atoms with Gasteiger partial charge in [0.2, 0.25) is 5.91 Å². The van der Waals surface area contributed by atoms with Gasteiger partial charge in [-0.1, -0.05) is 37.3 Å². The number of rotatable bonds is 8. The average molecular weight is 275 g/mol. The van der Waals surface area contributed by atoms with Crippen LogP contribution in [0.1, 0.15) is 18.9 Å². The zero-order valence-electron chi connectivity index (χ0n) is 12.3. The molecule has 1 amide bonds. The van der Waals surface area contributed by atoms with Gasteiger partial charge in [0.1, 0.15) is 0 Å². The summed E-state index contributed by atoms with van der Waals surface area (Å²) in [6.07, 6.45) is 2.01. The van der Waals surface area contributed by atoms with Crippen molar-refractivity contribution in [3.8, 4) is 0 Å². The Morgan fingerprint density at radius 2 is 2.10 bits per heavy atom. The molecule has 0 aliphatic carbocycles. The lowest BCUT2D eigenvalue weighted by Crippen LogP contribution is -2.58. The highest BCUT2D eigenvalue weighted by atomic mass is 16.2. The van der Waals surface area contributed by atoms with E-state index in [9.17, 15) is 4.79 Å². The van der Waals surface area contributed by atoms with Crippen LogP contribution in [0.3, 0.4) is 0 Å². The molecule has 4 nitrogen and oxygen atoms in total. The Labute approximate surface area is 121 Å². The van der Waals surface area contributed by atoms with Crippen molar-refractivity contribution >= 4 is 5.91 Å². The van der Waals surface area contributed by atoms with Gasteiger partial charge in [0, 0.05) is 25.7 Å². The number of hydrogen-bond acceptors (Lipinski definition) is 3. The van der Waals surface area contributed by atoms with Gasteiger partial charge in [-0.15, -0.1) is 0 Å². The molecule has 1 aromatic rings. The lowest BCUT2D eigenvalue weighted by atomic mass is 10.1. The largest absolute Gasteiger partial charge is 0.355 e. The van der Waals surface area contributed by atoms with E-state index in [0.29, 0.717) is 12.6 Å². The number of carbonyl (C=O) groups is 1. The normalized spacial score (nSPS) is 15.1. The number of likely N-dealkylation sites (N-methyl/N-ethyl adjacent to an activating group) is 1. The number of benzene rings is 1. The molecule has 0 unspecified atom stereocenters. The first-order valence-electron chi connectivity index (χ1n) is 7.55. The summed E-state index contributed by atoms with van der Waals surface area (Å²) < 4.78 is 0. The summed E-state index contributed by atoms with van der Waals surface area (Å²) in [5, 5.41) is 6.27. The van der Waals surface area contributed by atoms with Gasteiger partial charge in [0.05, 0.1) is 6.54 Å². The number of nitrogens with one attached hydrogen (secondary N) is 2. The molecule has 1 heterocycles. The van der Waals surface area contributed by atoms with Crippen LogP contribution in [-0.4, -0.2) is 49.6 Å². The molecule has 1 saturated heterocycles. The van der Waals surface area contributed by atoms with E-state index < -0.39 is 0 Å². The van der Waals surface area contributed by atoms with Gasteiger partial charge in [-0.05, 0) is 24.9 Å². The Kier molecular flexibility index (Phi) is 6.02. The standard InChI is InChI=1S/C16H25N3O/c1-2-19(15-11-17-12-15)13-16(20)18-10-6-9-14-7-4-3-5-8-14/h3-5,7-8,15,17H,2,6,9-13H2,1H3,(H,18,20). The van der Waals surface area contributed by atoms with Crippen molar-refractivity contribution in [2.45, 2.75) is 25.8 Å². The average Bonchev–Trinajstić information content (AvgIpc) is 2.42. The monoisotopic (exact) mass is 275 g/mol. The minimum atomic E-state index is 0.145. The van der Waals surface area contributed by atoms with E-state index in [4.69, 9.17) is 0 Å². The molecule has 0 saturated carbocycles. The first kappa shape index (κ1) is 15.0. The highest BCUT2D eigenvalue weighted by Gasteiger charge is 2.24. The topological polar surface area (TPSA) is 44.4 Å². The van der Waals surface area contributed by atoms with E-state index in [1.54, 1.807) is 0 Å². The summed E-state index contributed by atoms with van der Waals surface area (Å²) in [6, 6.07) is 10.9. The summed E-state index contributed by atoms with van der Waals surface area (Å²) in [7, 11) is 0. The maximum Gasteiger partial charge on any atom is 0.234 e. The van der Waals surface area contributed by atoms with E-state index in [0.717, 1.165) is 39.0 Å². The first-order chi connectivity index (χ1) is 9.79. The van der Waals surface area contributed by atoms with Crippen LogP contribution in [0, 0.1) is 0 Å². The molecule has 0 radical (unpaired) electrons. The van der Waals surface area contributed by atoms with Gasteiger partial charge in [-0.3, -0.25) is 9.69 Å². The highest BCUT2D eigenvalue weighted by molar-refractivity contribution is 5.78. The molecule has 0 bridgehead atoms. The number of aryl methyl sites for hydroxylation is 1. The number of carbonyl (C=O) groups excluding carboxylic acids is 1. The molecule has 110 valence electrons. The van der Waals surface area contributed by atoms with Gasteiger partial charge in [0.25, 0.3) is 0 Å². The smallest absolute Gasteiger partial charge is 0.234 e. The Bertz CT molecular complexity index is 403. The highest BCUT2D eigenvalue weighted by Crippen LogP contribution is 2.04. The zero-order valence-corrected chi connectivity index (χ0v) is 12.3. The van der Waals surface area contributed by atoms with Crippen molar-refractivity contribution in [1.82, 2.24) is 15.5 Å². The van der Waals surface area contributed by atoms with Crippen molar-refractivity contribution in [1.29, 1.82) is 0 Å². The quantitative estimate of drug-likeness (QED) is 0.697. The van der Waals surface area contributed by atoms with Crippen LogP contribution in [0.4, 0.5) is 0 Å². The fraction of sp³-hybridized carbons (Fsp3) is 0.562. The fourth-order valence-electron chi connectivity index (χ4n) is 2.44. The molecule has 2 rings (SSSR count). The van der Waals surface area contributed by atoms with Crippen LogP contribution in [0.15, 0.2) is 30.3 Å². The van der Waals surface area contributed by atoms with E-state index in [1.807, 2.05) is 6.07 Å². The Balaban J connectivity index is 1.60. The third kappa shape index (κ3) is 4.62. The molecule has 1 aliphatic heterocycles. The summed E-state index contributed by atoms with van der Waals surface area (Å²) in [6.45, 7) is 6.34. The van der Waals surface area contributed by atoms with Gasteiger partial charge in [0.15, 0.2) is 0 Å². The second-order valence-corrected chi connectivity index (χ2v) is 5.31. The Morgan fingerprint density at radius 1 is 1.35 bits per heavy atom. The van der Waals surface area contributed by atoms with Crippen molar-refractivity contribution in [2.24, 2.45) is 0 Å². The van der Waals surface area contributed by atoms with E-state index in [1.165, 1.54) is 5.56 Å². The molecule has 4 heteroatoms. The van der Waals surface area contributed by atoms with E-state index in [-0.39, 0.29) is 5.91 Å². The maximum atomic E-state index is 11.9. The molecular weight excluding hydrogens is 250 g/mol. The van der Waals surface area contributed by atoms with Crippen molar-refractivity contribution in [3.05, 3.63) is 35.9 Å². The molecule has 0 aromatic heterocycles. The van der Waals surface area contributed by atoms with Crippen molar-refractivity contribution in [2.75, 3.05) is 32.7 Å². The van der Waals surface area contributed by atoms with Gasteiger partial charge >= 0.3 is 0 Å². The van der Waals surface area contributed by atoms with Crippen LogP contribution < -0.4 is 10.6 Å². The third-order valence-corrected chi connectivity index (χ3v) is 3.84. The summed E-state index contributed by atoms with van der Waals surface area (Å²) in [4.78, 5) is 14.1. The van der Waals surface area contributed by atoms with Crippen LogP contribution in [-0.2, 0) is 11.2 Å². The minimum absolute atomic E-state index is 0.145. The van der Waals surface area contributed by atoms with Crippen LogP contribution in [0.2, 0.25) is 0 Å². The number of hydrogen-bond donors (Lipinski definition) is 2. The fourth-order valence-corrected chi connectivity index (χ4v) is 2.44. The second-order valence-electron chi connectivity index (χ2n) is 5.31. The summed E-state index contributed by atoms with van der Waals surface area (Å²) >= 11 is 0. The molecule has 2 N–H and O–H groups in total. The molecular formula is C16H25N3O. The SMILES string of the molecule is CCN(CC(=O)NCCCc1ccccc1)C1CNC1. The van der Waals surface area contributed by atoms with Crippen LogP contribution >= 0.6 is 0 Å². The summed E-state index contributed by atoms with van der Waals surface area (Å²) in [5.41, 5.74) is 1.33. The second kappa shape index (κ2) is 8.02. The Morgan fingerprint density at radius 3 is 2.70 bits per heavy atom. The van der Waals surface area contributed by atoms with Gasteiger partial charge < -0.3 is 10.6 Å². The van der Waals surface area contributed by atoms with Gasteiger partial charge in [-0.2, -0.15) is 0 Å². The molecule has 0 atom stereocenters. The zero-order chi connectivity index (χ0) is 14.2. The van der Waals surface area contributed by atoms with E-state index in [2.05, 4.69) is 46.7 Å². The summed E-state index contributed by atoms with van der Waals surface area (Å²) in [5.74, 6) is 0.145. The third-order valence-electron chi connectivity index (χ3n) is 3.84. The van der Waals surface area contributed by atoms with Crippen LogP contribution in [0.5, 0.6) is 0 Å². The predicted molar refractivity (Wildman–Crippen MR) is 81.7 cm³/mol. The molecule has 1 fully saturated rings. The molecule has 1 aliphatic rings. The van der Waals surface area contributed by atoms with Crippen LogP contribution in [0.25, 0.3) is 0 Å². The maximum absolute atomic E-state index is 11.9. The number of nitrogens with zero attached hydrogens (tertiary/aromatic N) is 1. The first-order valence-corrected chi connectivity index (χ1v) is 7.55. The number of amides is 1.